The molecule has 0 aromatic heterocycles. The highest BCUT2D eigenvalue weighted by Crippen LogP contribution is 2.50. The average Bonchev–Trinajstić information content (AvgIpc) is 2.93. The maximum Gasteiger partial charge on any atom is 0.210 e. The van der Waals surface area contributed by atoms with E-state index in [1.807, 2.05) is 0 Å². The Labute approximate surface area is 242 Å². The summed E-state index contributed by atoms with van der Waals surface area (Å²) in [6, 6.07) is 9.58. The molecule has 2 aliphatic heterocycles. The van der Waals surface area contributed by atoms with E-state index in [0.29, 0.717) is 11.1 Å². The molecular weight excluding hydrogens is 568 g/mol. The molecule has 4 aromatic rings. The lowest BCUT2D eigenvalue weighted by molar-refractivity contribution is -0.0667. The van der Waals surface area contributed by atoms with Gasteiger partial charge in [0, 0.05) is 41.3 Å². The van der Waals surface area contributed by atoms with Crippen molar-refractivity contribution < 1.29 is 65.3 Å². The summed E-state index contributed by atoms with van der Waals surface area (Å²) in [5, 5.41) is 103. The number of aliphatic hydroxyl groups is 2. The summed E-state index contributed by atoms with van der Waals surface area (Å²) < 4.78 is 17.1. The molecule has 2 aliphatic rings. The fourth-order valence-corrected chi connectivity index (χ4v) is 5.43. The zero-order valence-electron chi connectivity index (χ0n) is 22.0. The summed E-state index contributed by atoms with van der Waals surface area (Å²) in [5.41, 5.74) is 1.00. The van der Waals surface area contributed by atoms with Crippen molar-refractivity contribution in [3.05, 3.63) is 76.3 Å². The van der Waals surface area contributed by atoms with Crippen molar-refractivity contribution in [3.63, 3.8) is 0 Å². The number of aromatic hydroxyl groups is 8. The van der Waals surface area contributed by atoms with Gasteiger partial charge >= 0.3 is 0 Å². The Balaban J connectivity index is 1.25. The first-order valence-electron chi connectivity index (χ1n) is 12.9. The van der Waals surface area contributed by atoms with E-state index in [1.54, 1.807) is 0 Å². The van der Waals surface area contributed by atoms with Crippen LogP contribution in [-0.4, -0.2) is 57.2 Å². The van der Waals surface area contributed by atoms with Gasteiger partial charge in [-0.1, -0.05) is 0 Å². The zero-order chi connectivity index (χ0) is 30.7. The lowest BCUT2D eigenvalue weighted by Gasteiger charge is -2.32. The molecule has 224 valence electrons. The van der Waals surface area contributed by atoms with Gasteiger partial charge in [-0.25, -0.2) is 0 Å². The largest absolute Gasteiger partial charge is 0.508 e. The highest BCUT2D eigenvalue weighted by molar-refractivity contribution is 5.58. The van der Waals surface area contributed by atoms with Gasteiger partial charge in [0.05, 0.1) is 12.7 Å². The van der Waals surface area contributed by atoms with Crippen LogP contribution in [0.4, 0.5) is 0 Å². The second-order valence-electron chi connectivity index (χ2n) is 10.3. The van der Waals surface area contributed by atoms with Crippen molar-refractivity contribution in [1.29, 1.82) is 0 Å². The number of ether oxygens (including phenoxy) is 3. The second-order valence-corrected chi connectivity index (χ2v) is 10.3. The van der Waals surface area contributed by atoms with E-state index >= 15 is 0 Å². The maximum atomic E-state index is 11.0. The van der Waals surface area contributed by atoms with Crippen LogP contribution in [0, 0.1) is 0 Å². The van der Waals surface area contributed by atoms with E-state index in [2.05, 4.69) is 0 Å². The maximum absolute atomic E-state index is 11.0. The van der Waals surface area contributed by atoms with Crippen LogP contribution < -0.4 is 9.47 Å². The third-order valence-corrected chi connectivity index (χ3v) is 7.45. The third kappa shape index (κ3) is 4.84. The minimum atomic E-state index is -1.45. The van der Waals surface area contributed by atoms with Gasteiger partial charge in [0.1, 0.15) is 41.0 Å². The molecule has 4 atom stereocenters. The topological polar surface area (TPSA) is 230 Å². The summed E-state index contributed by atoms with van der Waals surface area (Å²) in [7, 11) is 0. The molecule has 43 heavy (non-hydrogen) atoms. The standard InChI is InChI=1S/C30H26O13/c31-14-6-17(32)16-9-23(38)28(43-24(16)7-14)11-4-21(36)30(22(37)5-11)42-15-1-13-10-41-29(27(40)25(13)18(33)8-15)12-2-19(34)26(39)20(35)3-12/h1-8,23,27-29,31-40H,9-10H2/t23-,27-,28-,29-/m1/s1. The van der Waals surface area contributed by atoms with Gasteiger partial charge in [-0.3, -0.25) is 0 Å². The molecule has 0 aliphatic carbocycles. The van der Waals surface area contributed by atoms with Crippen LogP contribution in [0.2, 0.25) is 0 Å². The van der Waals surface area contributed by atoms with Gasteiger partial charge in [0.25, 0.3) is 0 Å². The van der Waals surface area contributed by atoms with Gasteiger partial charge in [-0.2, -0.15) is 0 Å². The Morgan fingerprint density at radius 2 is 1.28 bits per heavy atom. The number of benzene rings is 4. The predicted octanol–water partition coefficient (Wildman–Crippen LogP) is 3.47. The van der Waals surface area contributed by atoms with Crippen molar-refractivity contribution >= 4 is 0 Å². The monoisotopic (exact) mass is 594 g/mol. The molecule has 0 radical (unpaired) electrons. The highest BCUT2D eigenvalue weighted by Gasteiger charge is 2.35. The van der Waals surface area contributed by atoms with Gasteiger partial charge in [0.15, 0.2) is 34.9 Å². The Morgan fingerprint density at radius 3 is 1.95 bits per heavy atom. The minimum absolute atomic E-state index is 0.0237. The third-order valence-electron chi connectivity index (χ3n) is 7.45. The number of rotatable bonds is 4. The van der Waals surface area contributed by atoms with Crippen molar-refractivity contribution in [1.82, 2.24) is 0 Å². The molecule has 0 saturated carbocycles. The van der Waals surface area contributed by atoms with Gasteiger partial charge in [-0.05, 0) is 41.5 Å². The molecule has 0 saturated heterocycles. The molecule has 2 heterocycles. The van der Waals surface area contributed by atoms with Crippen molar-refractivity contribution in [3.8, 4) is 63.2 Å². The number of fused-ring (bicyclic) bond motifs is 2. The molecule has 10 N–H and O–H groups in total. The fraction of sp³-hybridized carbons (Fsp3) is 0.200. The molecule has 6 rings (SSSR count). The molecule has 13 nitrogen and oxygen atoms in total. The lowest BCUT2D eigenvalue weighted by Crippen LogP contribution is -2.30. The Morgan fingerprint density at radius 1 is 0.651 bits per heavy atom. The molecule has 0 fully saturated rings. The molecule has 13 heteroatoms. The SMILES string of the molecule is Oc1cc(O)c2c(c1)O[C@H](c1cc(O)c(Oc3cc(O)c4c(c3)CO[C@H](c3cc(O)c(O)c(O)c3)[C@@H]4O)c(O)c1)[C@H](O)C2. The van der Waals surface area contributed by atoms with Crippen molar-refractivity contribution in [2.75, 3.05) is 0 Å². The number of phenolic OH excluding ortho intramolecular Hbond substituents is 8. The quantitative estimate of drug-likeness (QED) is 0.153. The van der Waals surface area contributed by atoms with E-state index in [0.717, 1.165) is 24.3 Å². The first kappa shape index (κ1) is 27.9. The van der Waals surface area contributed by atoms with Crippen LogP contribution in [0.5, 0.6) is 63.2 Å². The van der Waals surface area contributed by atoms with Gasteiger partial charge in [-0.15, -0.1) is 0 Å². The molecule has 0 amide bonds. The summed E-state index contributed by atoms with van der Waals surface area (Å²) in [6.07, 6.45) is -4.82. The first-order valence-corrected chi connectivity index (χ1v) is 12.9. The van der Waals surface area contributed by atoms with Crippen molar-refractivity contribution in [2.24, 2.45) is 0 Å². The molecule has 0 bridgehead atoms. The van der Waals surface area contributed by atoms with Crippen LogP contribution >= 0.6 is 0 Å². The molecule has 4 aromatic carbocycles. The fourth-order valence-electron chi connectivity index (χ4n) is 5.43. The van der Waals surface area contributed by atoms with E-state index in [9.17, 15) is 51.1 Å². The van der Waals surface area contributed by atoms with Crippen LogP contribution in [0.3, 0.4) is 0 Å². The average molecular weight is 595 g/mol. The Bertz CT molecular complexity index is 1700. The van der Waals surface area contributed by atoms with E-state index < -0.39 is 58.9 Å². The smallest absolute Gasteiger partial charge is 0.210 e. The van der Waals surface area contributed by atoms with Crippen molar-refractivity contribution in [2.45, 2.75) is 37.4 Å². The Hall–Kier alpha value is -5.24. The predicted molar refractivity (Wildman–Crippen MR) is 145 cm³/mol. The van der Waals surface area contributed by atoms with E-state index in [-0.39, 0.29) is 58.5 Å². The summed E-state index contributed by atoms with van der Waals surface area (Å²) >= 11 is 0. The second kappa shape index (κ2) is 10.2. The van der Waals surface area contributed by atoms with Gasteiger partial charge in [0.2, 0.25) is 5.75 Å². The summed E-state index contributed by atoms with van der Waals surface area (Å²) in [5.74, 6) is -4.22. The summed E-state index contributed by atoms with van der Waals surface area (Å²) in [6.45, 7) is -0.148. The number of hydrogen-bond donors (Lipinski definition) is 10. The van der Waals surface area contributed by atoms with E-state index in [1.165, 1.54) is 24.3 Å². The zero-order valence-corrected chi connectivity index (χ0v) is 22.0. The Kier molecular flexibility index (Phi) is 6.64. The van der Waals surface area contributed by atoms with Crippen LogP contribution in [-0.2, 0) is 17.8 Å². The molecule has 0 spiro atoms. The number of aliphatic hydroxyl groups excluding tert-OH is 2. The van der Waals surface area contributed by atoms with Crippen LogP contribution in [0.15, 0.2) is 48.5 Å². The first-order chi connectivity index (χ1) is 20.4. The van der Waals surface area contributed by atoms with Gasteiger partial charge < -0.3 is 65.3 Å². The number of hydrogen-bond acceptors (Lipinski definition) is 13. The van der Waals surface area contributed by atoms with E-state index in [4.69, 9.17) is 14.2 Å². The summed E-state index contributed by atoms with van der Waals surface area (Å²) in [4.78, 5) is 0. The number of phenols is 8. The van der Waals surface area contributed by atoms with Crippen LogP contribution in [0.1, 0.15) is 46.1 Å². The lowest BCUT2D eigenvalue weighted by atomic mass is 9.91. The minimum Gasteiger partial charge on any atom is -0.508 e. The normalized spacial score (nSPS) is 21.0. The molecular formula is C30H26O13. The molecule has 0 unspecified atom stereocenters. The highest BCUT2D eigenvalue weighted by atomic mass is 16.5. The van der Waals surface area contributed by atoms with Crippen LogP contribution in [0.25, 0.3) is 0 Å².